The second kappa shape index (κ2) is 7.09. The highest BCUT2D eigenvalue weighted by atomic mass is 16.6. The molecule has 1 rings (SSSR count). The van der Waals surface area contributed by atoms with Crippen LogP contribution in [0.3, 0.4) is 0 Å². The molecule has 17 heavy (non-hydrogen) atoms. The molecule has 0 fully saturated rings. The zero-order valence-corrected chi connectivity index (χ0v) is 8.99. The van der Waals surface area contributed by atoms with Crippen molar-refractivity contribution >= 4 is 17.1 Å². The summed E-state index contributed by atoms with van der Waals surface area (Å²) >= 11 is 0. The van der Waals surface area contributed by atoms with E-state index >= 15 is 0 Å². The molecule has 0 aliphatic carbocycles. The maximum absolute atomic E-state index is 10.4. The van der Waals surface area contributed by atoms with Gasteiger partial charge in [-0.3, -0.25) is 26.1 Å². The lowest BCUT2D eigenvalue weighted by atomic mass is 10.2. The van der Waals surface area contributed by atoms with Crippen molar-refractivity contribution in [2.45, 2.75) is 6.92 Å². The summed E-state index contributed by atoms with van der Waals surface area (Å²) in [6.45, 7) is 1.93. The number of aliphatic hydroxyl groups is 1. The molecule has 1 aromatic carbocycles. The van der Waals surface area contributed by atoms with Gasteiger partial charge in [0.15, 0.2) is 0 Å². The predicted molar refractivity (Wildman–Crippen MR) is 60.3 cm³/mol. The summed E-state index contributed by atoms with van der Waals surface area (Å²) in [5.41, 5.74) is 1.33. The molecule has 1 aromatic rings. The van der Waals surface area contributed by atoms with E-state index in [9.17, 15) is 20.2 Å². The van der Waals surface area contributed by atoms with E-state index in [1.54, 1.807) is 6.92 Å². The Morgan fingerprint density at radius 2 is 1.88 bits per heavy atom. The van der Waals surface area contributed by atoms with E-state index in [0.29, 0.717) is 0 Å². The van der Waals surface area contributed by atoms with E-state index in [2.05, 4.69) is 5.43 Å². The first-order chi connectivity index (χ1) is 7.97. The van der Waals surface area contributed by atoms with Gasteiger partial charge < -0.3 is 10.5 Å². The molecule has 94 valence electrons. The van der Waals surface area contributed by atoms with Gasteiger partial charge >= 0.3 is 5.69 Å². The third kappa shape index (κ3) is 4.40. The molecule has 0 unspecified atom stereocenters. The number of anilines is 1. The molecule has 0 aromatic heterocycles. The molecular formula is C8H12N4O5. The summed E-state index contributed by atoms with van der Waals surface area (Å²) in [6.07, 6.45) is 0. The fraction of sp³-hybridized carbons (Fsp3) is 0.250. The number of nitro groups is 2. The smallest absolute Gasteiger partial charge is 0.300 e. The van der Waals surface area contributed by atoms with Crippen LogP contribution in [0.15, 0.2) is 18.2 Å². The van der Waals surface area contributed by atoms with Crippen LogP contribution < -0.4 is 11.3 Å². The Kier molecular flexibility index (Phi) is 6.14. The van der Waals surface area contributed by atoms with Gasteiger partial charge in [-0.25, -0.2) is 0 Å². The first-order valence-corrected chi connectivity index (χ1v) is 4.48. The summed E-state index contributed by atoms with van der Waals surface area (Å²) < 4.78 is 0. The number of nitrogen functional groups attached to an aromatic ring is 1. The highest BCUT2D eigenvalue weighted by Gasteiger charge is 2.18. The maximum atomic E-state index is 10.4. The minimum Gasteiger partial charge on any atom is -0.397 e. The van der Waals surface area contributed by atoms with Gasteiger partial charge in [0, 0.05) is 12.7 Å². The molecule has 0 spiro atoms. The minimum absolute atomic E-state index is 0.0283. The minimum atomic E-state index is -0.748. The van der Waals surface area contributed by atoms with Crippen molar-refractivity contribution < 1.29 is 15.0 Å². The summed E-state index contributed by atoms with van der Waals surface area (Å²) in [5.74, 6) is 4.99. The van der Waals surface area contributed by atoms with Crippen molar-refractivity contribution in [1.29, 1.82) is 0 Å². The van der Waals surface area contributed by atoms with Gasteiger partial charge in [-0.1, -0.05) is 0 Å². The number of hydrazine groups is 1. The lowest BCUT2D eigenvalue weighted by Crippen LogP contribution is -2.09. The molecule has 9 nitrogen and oxygen atoms in total. The summed E-state index contributed by atoms with van der Waals surface area (Å²) in [5, 5.41) is 28.3. The first kappa shape index (κ1) is 14.7. The number of hydrogen-bond acceptors (Lipinski definition) is 7. The number of non-ortho nitro benzene ring substituents is 1. The fourth-order valence-electron chi connectivity index (χ4n) is 0.907. The second-order valence-corrected chi connectivity index (χ2v) is 2.68. The van der Waals surface area contributed by atoms with Crippen LogP contribution in [0.5, 0.6) is 0 Å². The third-order valence-electron chi connectivity index (χ3n) is 1.54. The van der Waals surface area contributed by atoms with Gasteiger partial charge in [0.1, 0.15) is 5.69 Å². The SMILES string of the molecule is CCO.NNc1ccc([N+](=O)[O-])cc1[N+](=O)[O-]. The van der Waals surface area contributed by atoms with Crippen LogP contribution in [0.25, 0.3) is 0 Å². The number of hydrogen-bond donors (Lipinski definition) is 3. The Hall–Kier alpha value is -2.26. The van der Waals surface area contributed by atoms with Gasteiger partial charge in [0.2, 0.25) is 0 Å². The number of nitrogens with one attached hydrogen (secondary N) is 1. The monoisotopic (exact) mass is 244 g/mol. The van der Waals surface area contributed by atoms with E-state index in [0.717, 1.165) is 12.1 Å². The van der Waals surface area contributed by atoms with E-state index < -0.39 is 15.5 Å². The highest BCUT2D eigenvalue weighted by molar-refractivity contribution is 5.64. The molecule has 0 bridgehead atoms. The van der Waals surface area contributed by atoms with Crippen LogP contribution in [0.4, 0.5) is 17.1 Å². The Morgan fingerprint density at radius 3 is 2.24 bits per heavy atom. The van der Waals surface area contributed by atoms with Crippen LogP contribution in [-0.2, 0) is 0 Å². The van der Waals surface area contributed by atoms with E-state index in [-0.39, 0.29) is 18.0 Å². The molecular weight excluding hydrogens is 232 g/mol. The molecule has 0 atom stereocenters. The van der Waals surface area contributed by atoms with Crippen molar-refractivity contribution in [3.05, 3.63) is 38.4 Å². The van der Waals surface area contributed by atoms with Crippen LogP contribution in [0.1, 0.15) is 6.92 Å². The molecule has 4 N–H and O–H groups in total. The Morgan fingerprint density at radius 1 is 1.35 bits per heavy atom. The molecule has 0 heterocycles. The van der Waals surface area contributed by atoms with Gasteiger partial charge in [0.05, 0.1) is 15.9 Å². The predicted octanol–water partition coefficient (Wildman–Crippen LogP) is 0.787. The zero-order valence-electron chi connectivity index (χ0n) is 8.99. The van der Waals surface area contributed by atoms with E-state index in [4.69, 9.17) is 10.9 Å². The Balaban J connectivity index is 0.000000770. The lowest BCUT2D eigenvalue weighted by Gasteiger charge is -2.00. The number of rotatable bonds is 3. The second-order valence-electron chi connectivity index (χ2n) is 2.68. The van der Waals surface area contributed by atoms with E-state index in [1.165, 1.54) is 6.07 Å². The van der Waals surface area contributed by atoms with Crippen molar-refractivity contribution in [2.75, 3.05) is 12.0 Å². The average molecular weight is 244 g/mol. The van der Waals surface area contributed by atoms with E-state index in [1.807, 2.05) is 0 Å². The van der Waals surface area contributed by atoms with Crippen LogP contribution in [0.2, 0.25) is 0 Å². The number of nitro benzene ring substituents is 2. The summed E-state index contributed by atoms with van der Waals surface area (Å²) in [6, 6.07) is 3.15. The Bertz CT molecular complexity index is 409. The van der Waals surface area contributed by atoms with Gasteiger partial charge in [0.25, 0.3) is 5.69 Å². The topological polar surface area (TPSA) is 145 Å². The highest BCUT2D eigenvalue weighted by Crippen LogP contribution is 2.27. The fourth-order valence-corrected chi connectivity index (χ4v) is 0.907. The van der Waals surface area contributed by atoms with Crippen LogP contribution >= 0.6 is 0 Å². The number of nitrogens with zero attached hydrogens (tertiary/aromatic N) is 2. The molecule has 0 aliphatic rings. The third-order valence-corrected chi connectivity index (χ3v) is 1.54. The van der Waals surface area contributed by atoms with Crippen molar-refractivity contribution in [3.63, 3.8) is 0 Å². The molecule has 0 saturated heterocycles. The average Bonchev–Trinajstić information content (AvgIpc) is 2.29. The lowest BCUT2D eigenvalue weighted by molar-refractivity contribution is -0.393. The summed E-state index contributed by atoms with van der Waals surface area (Å²) in [7, 11) is 0. The number of nitrogens with two attached hydrogens (primary N) is 1. The number of benzene rings is 1. The van der Waals surface area contributed by atoms with Crippen LogP contribution in [-0.4, -0.2) is 21.6 Å². The maximum Gasteiger partial charge on any atom is 0.300 e. The van der Waals surface area contributed by atoms with Crippen molar-refractivity contribution in [1.82, 2.24) is 0 Å². The van der Waals surface area contributed by atoms with Gasteiger partial charge in [-0.15, -0.1) is 0 Å². The summed E-state index contributed by atoms with van der Waals surface area (Å²) in [4.78, 5) is 19.3. The van der Waals surface area contributed by atoms with Gasteiger partial charge in [-0.2, -0.15) is 0 Å². The molecule has 0 radical (unpaired) electrons. The quantitative estimate of drug-likeness (QED) is 0.404. The Labute approximate surface area is 96.1 Å². The normalized spacial score (nSPS) is 8.88. The van der Waals surface area contributed by atoms with Crippen molar-refractivity contribution in [3.8, 4) is 0 Å². The van der Waals surface area contributed by atoms with Crippen LogP contribution in [0, 0.1) is 20.2 Å². The zero-order chi connectivity index (χ0) is 13.4. The van der Waals surface area contributed by atoms with Crippen molar-refractivity contribution in [2.24, 2.45) is 5.84 Å². The number of aliphatic hydroxyl groups excluding tert-OH is 1. The molecule has 0 amide bonds. The van der Waals surface area contributed by atoms with Gasteiger partial charge in [-0.05, 0) is 13.0 Å². The molecule has 0 aliphatic heterocycles. The standard InChI is InChI=1S/C6H6N4O4.C2H6O/c7-8-5-2-1-4(9(11)12)3-6(5)10(13)14;1-2-3/h1-3,8H,7H2;3H,2H2,1H3. The first-order valence-electron chi connectivity index (χ1n) is 4.48. The molecule has 9 heteroatoms. The largest absolute Gasteiger partial charge is 0.397 e. The molecule has 0 saturated carbocycles.